The summed E-state index contributed by atoms with van der Waals surface area (Å²) in [5.41, 5.74) is 1.83. The maximum atomic E-state index is 10.9. The summed E-state index contributed by atoms with van der Waals surface area (Å²) in [5.74, 6) is 0.833. The fraction of sp³-hybridized carbons (Fsp3) is 0.0556. The van der Waals surface area contributed by atoms with Gasteiger partial charge in [-0.1, -0.05) is 42.5 Å². The number of halogens is 2. The second-order valence-corrected chi connectivity index (χ2v) is 7.18. The van der Waals surface area contributed by atoms with Crippen LogP contribution in [0.5, 0.6) is 5.75 Å². The largest absolute Gasteiger partial charge is 0.487 e. The maximum Gasteiger partial charge on any atom is 0.150 e. The topological polar surface area (TPSA) is 26.3 Å². The quantitative estimate of drug-likeness (QED) is 0.343. The van der Waals surface area contributed by atoms with Gasteiger partial charge in [-0.05, 0) is 73.7 Å². The molecule has 0 unspecified atom stereocenters. The van der Waals surface area contributed by atoms with Crippen LogP contribution in [0.25, 0.3) is 10.8 Å². The van der Waals surface area contributed by atoms with E-state index < -0.39 is 0 Å². The van der Waals surface area contributed by atoms with Crippen LogP contribution in [0.3, 0.4) is 0 Å². The van der Waals surface area contributed by atoms with E-state index in [0.29, 0.717) is 12.2 Å². The van der Waals surface area contributed by atoms with Gasteiger partial charge >= 0.3 is 0 Å². The Kier molecular flexibility index (Phi) is 4.97. The molecule has 0 aromatic heterocycles. The lowest BCUT2D eigenvalue weighted by molar-refractivity contribution is 0.112. The Morgan fingerprint density at radius 2 is 1.64 bits per heavy atom. The minimum atomic E-state index is 0.508. The van der Waals surface area contributed by atoms with Crippen molar-refractivity contribution >= 4 is 62.2 Å². The molecule has 0 N–H and O–H groups in total. The molecule has 4 heteroatoms. The van der Waals surface area contributed by atoms with E-state index in [0.717, 1.165) is 24.7 Å². The number of ether oxygens (including phenoxy) is 1. The Morgan fingerprint density at radius 3 is 2.36 bits per heavy atom. The lowest BCUT2D eigenvalue weighted by Gasteiger charge is -2.12. The van der Waals surface area contributed by atoms with Crippen LogP contribution in [0.1, 0.15) is 15.9 Å². The lowest BCUT2D eigenvalue weighted by atomic mass is 10.1. The molecule has 2 nitrogen and oxygen atoms in total. The Labute approximate surface area is 156 Å². The molecule has 3 aromatic rings. The zero-order valence-electron chi connectivity index (χ0n) is 11.6. The third-order valence-electron chi connectivity index (χ3n) is 3.41. The summed E-state index contributed by atoms with van der Waals surface area (Å²) in [6.45, 7) is 0.508. The van der Waals surface area contributed by atoms with Crippen LogP contribution in [0.2, 0.25) is 0 Å². The van der Waals surface area contributed by atoms with Crippen molar-refractivity contribution in [1.29, 1.82) is 0 Å². The molecule has 0 radical (unpaired) electrons. The number of hydrogen-bond donors (Lipinski definition) is 0. The minimum Gasteiger partial charge on any atom is -0.487 e. The summed E-state index contributed by atoms with van der Waals surface area (Å²) in [5, 5.41) is 2.42. The van der Waals surface area contributed by atoms with Crippen molar-refractivity contribution < 1.29 is 9.53 Å². The Bertz CT molecular complexity index is 815. The van der Waals surface area contributed by atoms with Gasteiger partial charge in [0.2, 0.25) is 0 Å². The van der Waals surface area contributed by atoms with Crippen LogP contribution in [-0.4, -0.2) is 6.29 Å². The molecule has 0 spiro atoms. The van der Waals surface area contributed by atoms with Crippen molar-refractivity contribution in [2.45, 2.75) is 6.61 Å². The number of carbonyl (C=O) groups excluding carboxylic acids is 1. The molecule has 22 heavy (non-hydrogen) atoms. The summed E-state index contributed by atoms with van der Waals surface area (Å²) in [6, 6.07) is 18.2. The van der Waals surface area contributed by atoms with Gasteiger partial charge in [0.05, 0.1) is 7.14 Å². The van der Waals surface area contributed by atoms with Gasteiger partial charge in [-0.25, -0.2) is 0 Å². The molecule has 3 rings (SSSR count). The Hall–Kier alpha value is -1.15. The average molecular weight is 514 g/mol. The van der Waals surface area contributed by atoms with E-state index >= 15 is 0 Å². The summed E-state index contributed by atoms with van der Waals surface area (Å²) in [7, 11) is 0. The molecule has 0 aliphatic rings. The molecular formula is C18H12I2O2. The Balaban J connectivity index is 1.90. The standard InChI is InChI=1S/C18H12I2O2/c19-16-8-12(10-21)9-17(20)18(16)22-11-14-6-3-5-13-4-1-2-7-15(13)14/h1-10H,11H2. The predicted molar refractivity (Wildman–Crippen MR) is 106 cm³/mol. The van der Waals surface area contributed by atoms with E-state index in [-0.39, 0.29) is 0 Å². The number of benzene rings is 3. The second-order valence-electron chi connectivity index (χ2n) is 4.86. The molecule has 110 valence electrons. The molecule has 0 heterocycles. The predicted octanol–water partition coefficient (Wildman–Crippen LogP) is 5.44. The first-order valence-corrected chi connectivity index (χ1v) is 8.88. The molecule has 0 fully saturated rings. The van der Waals surface area contributed by atoms with Gasteiger partial charge < -0.3 is 4.74 Å². The first-order valence-electron chi connectivity index (χ1n) is 6.72. The van der Waals surface area contributed by atoms with Crippen molar-refractivity contribution in [3.8, 4) is 5.75 Å². The van der Waals surface area contributed by atoms with Gasteiger partial charge in [0.1, 0.15) is 18.6 Å². The highest BCUT2D eigenvalue weighted by molar-refractivity contribution is 14.1. The number of rotatable bonds is 4. The van der Waals surface area contributed by atoms with E-state index in [2.05, 4.69) is 69.4 Å². The summed E-state index contributed by atoms with van der Waals surface area (Å²) in [6.07, 6.45) is 0.860. The van der Waals surface area contributed by atoms with Gasteiger partial charge in [-0.3, -0.25) is 4.79 Å². The summed E-state index contributed by atoms with van der Waals surface area (Å²) < 4.78 is 7.93. The Morgan fingerprint density at radius 1 is 0.955 bits per heavy atom. The molecule has 0 saturated heterocycles. The molecule has 0 aliphatic carbocycles. The molecule has 0 atom stereocenters. The van der Waals surface area contributed by atoms with Crippen LogP contribution < -0.4 is 4.74 Å². The molecular weight excluding hydrogens is 502 g/mol. The van der Waals surface area contributed by atoms with Crippen molar-refractivity contribution in [2.24, 2.45) is 0 Å². The monoisotopic (exact) mass is 514 g/mol. The molecule has 0 bridgehead atoms. The highest BCUT2D eigenvalue weighted by atomic mass is 127. The van der Waals surface area contributed by atoms with E-state index in [1.165, 1.54) is 10.8 Å². The van der Waals surface area contributed by atoms with Crippen LogP contribution in [-0.2, 0) is 6.61 Å². The zero-order valence-corrected chi connectivity index (χ0v) is 15.9. The first kappa shape index (κ1) is 15.7. The normalized spacial score (nSPS) is 10.6. The first-order chi connectivity index (χ1) is 10.7. The SMILES string of the molecule is O=Cc1cc(I)c(OCc2cccc3ccccc23)c(I)c1. The highest BCUT2D eigenvalue weighted by Crippen LogP contribution is 2.30. The van der Waals surface area contributed by atoms with Crippen molar-refractivity contribution in [2.75, 3.05) is 0 Å². The van der Waals surface area contributed by atoms with Crippen molar-refractivity contribution in [1.82, 2.24) is 0 Å². The van der Waals surface area contributed by atoms with Gasteiger partial charge in [-0.2, -0.15) is 0 Å². The zero-order chi connectivity index (χ0) is 15.5. The minimum absolute atomic E-state index is 0.508. The van der Waals surface area contributed by atoms with Gasteiger partial charge in [0, 0.05) is 5.56 Å². The third-order valence-corrected chi connectivity index (χ3v) is 5.01. The molecule has 3 aromatic carbocycles. The van der Waals surface area contributed by atoms with Crippen LogP contribution in [0.15, 0.2) is 54.6 Å². The van der Waals surface area contributed by atoms with Gasteiger partial charge in [0.15, 0.2) is 0 Å². The van der Waals surface area contributed by atoms with Gasteiger partial charge in [-0.15, -0.1) is 0 Å². The van der Waals surface area contributed by atoms with E-state index in [1.54, 1.807) is 0 Å². The second kappa shape index (κ2) is 6.95. The fourth-order valence-electron chi connectivity index (χ4n) is 2.35. The number of carbonyl (C=O) groups is 1. The number of fused-ring (bicyclic) bond motifs is 1. The summed E-state index contributed by atoms with van der Waals surface area (Å²) >= 11 is 4.41. The molecule has 0 amide bonds. The summed E-state index contributed by atoms with van der Waals surface area (Å²) in [4.78, 5) is 10.9. The molecule has 0 aliphatic heterocycles. The fourth-order valence-corrected chi connectivity index (χ4v) is 4.48. The van der Waals surface area contributed by atoms with E-state index in [4.69, 9.17) is 4.74 Å². The third kappa shape index (κ3) is 3.27. The number of hydrogen-bond acceptors (Lipinski definition) is 2. The van der Waals surface area contributed by atoms with E-state index in [9.17, 15) is 4.79 Å². The lowest BCUT2D eigenvalue weighted by Crippen LogP contribution is -2.00. The smallest absolute Gasteiger partial charge is 0.150 e. The van der Waals surface area contributed by atoms with Crippen LogP contribution in [0, 0.1) is 7.14 Å². The molecule has 0 saturated carbocycles. The highest BCUT2D eigenvalue weighted by Gasteiger charge is 2.10. The average Bonchev–Trinajstić information content (AvgIpc) is 2.54. The van der Waals surface area contributed by atoms with Crippen molar-refractivity contribution in [3.05, 3.63) is 72.9 Å². The van der Waals surface area contributed by atoms with Crippen molar-refractivity contribution in [3.63, 3.8) is 0 Å². The van der Waals surface area contributed by atoms with Crippen LogP contribution in [0.4, 0.5) is 0 Å². The van der Waals surface area contributed by atoms with Gasteiger partial charge in [0.25, 0.3) is 0 Å². The maximum absolute atomic E-state index is 10.9. The number of aldehydes is 1. The van der Waals surface area contributed by atoms with Crippen LogP contribution >= 0.6 is 45.2 Å². The van der Waals surface area contributed by atoms with E-state index in [1.807, 2.05) is 30.3 Å².